The summed E-state index contributed by atoms with van der Waals surface area (Å²) >= 11 is 0. The number of benzene rings is 2. The predicted molar refractivity (Wildman–Crippen MR) is 126 cm³/mol. The van der Waals surface area contributed by atoms with Crippen LogP contribution < -0.4 is 9.47 Å². The molecule has 176 valence electrons. The second kappa shape index (κ2) is 10.2. The van der Waals surface area contributed by atoms with Gasteiger partial charge in [0.2, 0.25) is 0 Å². The molecular formula is C26H27N3O5. The Kier molecular flexibility index (Phi) is 6.96. The number of carbonyl (C=O) groups excluding carboxylic acids is 2. The lowest BCUT2D eigenvalue weighted by atomic mass is 9.95. The smallest absolute Gasteiger partial charge is 0.295 e. The van der Waals surface area contributed by atoms with Crippen LogP contribution in [0.3, 0.4) is 0 Å². The SMILES string of the molecule is CCOc1ccc(C2/C(=C(\O)c3cccc(OC)c3)C(=O)C(=O)N2CCCn2ccnc2)cc1. The zero-order valence-electron chi connectivity index (χ0n) is 19.2. The van der Waals surface area contributed by atoms with Gasteiger partial charge < -0.3 is 24.0 Å². The van der Waals surface area contributed by atoms with Crippen LogP contribution in [0, 0.1) is 0 Å². The van der Waals surface area contributed by atoms with Crippen LogP contribution in [-0.4, -0.2) is 51.5 Å². The van der Waals surface area contributed by atoms with E-state index in [-0.39, 0.29) is 11.3 Å². The molecule has 1 amide bonds. The van der Waals surface area contributed by atoms with Gasteiger partial charge in [0.1, 0.15) is 17.3 Å². The third-order valence-corrected chi connectivity index (χ3v) is 5.76. The van der Waals surface area contributed by atoms with Crippen molar-refractivity contribution in [3.05, 3.63) is 84.0 Å². The fourth-order valence-corrected chi connectivity index (χ4v) is 4.14. The molecule has 1 aromatic heterocycles. The first-order valence-electron chi connectivity index (χ1n) is 11.1. The maximum Gasteiger partial charge on any atom is 0.295 e. The van der Waals surface area contributed by atoms with Crippen LogP contribution >= 0.6 is 0 Å². The van der Waals surface area contributed by atoms with Crippen LogP contribution in [0.1, 0.15) is 30.5 Å². The zero-order chi connectivity index (χ0) is 24.1. The van der Waals surface area contributed by atoms with Gasteiger partial charge in [0, 0.05) is 31.0 Å². The summed E-state index contributed by atoms with van der Waals surface area (Å²) in [6, 6.07) is 13.3. The minimum Gasteiger partial charge on any atom is -0.507 e. The Balaban J connectivity index is 1.73. The standard InChI is InChI=1S/C26H27N3O5/c1-3-34-20-10-8-18(9-11-20)23-22(24(30)19-6-4-7-21(16-19)33-2)25(31)26(32)29(23)14-5-13-28-15-12-27-17-28/h4,6-12,15-17,23,30H,3,5,13-14H2,1-2H3/b24-22+. The van der Waals surface area contributed by atoms with E-state index >= 15 is 0 Å². The first-order chi connectivity index (χ1) is 16.5. The molecule has 0 saturated carbocycles. The molecule has 1 atom stereocenters. The van der Waals surface area contributed by atoms with Crippen molar-refractivity contribution in [1.82, 2.24) is 14.5 Å². The molecule has 8 nitrogen and oxygen atoms in total. The first-order valence-corrected chi connectivity index (χ1v) is 11.1. The van der Waals surface area contributed by atoms with Crippen LogP contribution in [0.15, 0.2) is 72.8 Å². The molecule has 2 aromatic carbocycles. The average Bonchev–Trinajstić information content (AvgIpc) is 3.47. The number of aliphatic hydroxyl groups is 1. The van der Waals surface area contributed by atoms with Gasteiger partial charge in [-0.3, -0.25) is 9.59 Å². The number of aryl methyl sites for hydroxylation is 1. The Hall–Kier alpha value is -4.07. The minimum absolute atomic E-state index is 0.0602. The number of aromatic nitrogens is 2. The van der Waals surface area contributed by atoms with E-state index in [0.717, 1.165) is 5.56 Å². The van der Waals surface area contributed by atoms with E-state index in [1.165, 1.54) is 12.0 Å². The lowest BCUT2D eigenvalue weighted by Gasteiger charge is -2.25. The van der Waals surface area contributed by atoms with E-state index in [9.17, 15) is 14.7 Å². The molecule has 3 aromatic rings. The van der Waals surface area contributed by atoms with Crippen molar-refractivity contribution in [2.75, 3.05) is 20.3 Å². The number of Topliss-reactive ketones (excluding diaryl/α,β-unsaturated/α-hetero) is 1. The van der Waals surface area contributed by atoms with E-state index in [1.807, 2.05) is 29.8 Å². The number of nitrogens with zero attached hydrogens (tertiary/aromatic N) is 3. The van der Waals surface area contributed by atoms with Crippen molar-refractivity contribution < 1.29 is 24.2 Å². The highest BCUT2D eigenvalue weighted by molar-refractivity contribution is 6.46. The van der Waals surface area contributed by atoms with Gasteiger partial charge in [-0.1, -0.05) is 24.3 Å². The van der Waals surface area contributed by atoms with Crippen LogP contribution in [0.4, 0.5) is 0 Å². The molecule has 8 heteroatoms. The van der Waals surface area contributed by atoms with Crippen molar-refractivity contribution >= 4 is 17.4 Å². The van der Waals surface area contributed by atoms with Gasteiger partial charge in [0.15, 0.2) is 0 Å². The largest absolute Gasteiger partial charge is 0.507 e. The van der Waals surface area contributed by atoms with E-state index in [0.29, 0.717) is 43.2 Å². The summed E-state index contributed by atoms with van der Waals surface area (Å²) in [4.78, 5) is 31.8. The van der Waals surface area contributed by atoms with Crippen molar-refractivity contribution in [3.63, 3.8) is 0 Å². The number of ketones is 1. The zero-order valence-corrected chi connectivity index (χ0v) is 19.2. The molecule has 0 aliphatic carbocycles. The number of likely N-dealkylation sites (tertiary alicyclic amines) is 1. The molecule has 0 spiro atoms. The van der Waals surface area contributed by atoms with Crippen molar-refractivity contribution in [1.29, 1.82) is 0 Å². The van der Waals surface area contributed by atoms with E-state index in [4.69, 9.17) is 9.47 Å². The number of carbonyl (C=O) groups is 2. The Bertz CT molecular complexity index is 1190. The molecule has 0 bridgehead atoms. The van der Waals surface area contributed by atoms with Crippen molar-refractivity contribution in [3.8, 4) is 11.5 Å². The van der Waals surface area contributed by atoms with Gasteiger partial charge in [-0.2, -0.15) is 0 Å². The van der Waals surface area contributed by atoms with E-state index < -0.39 is 17.7 Å². The van der Waals surface area contributed by atoms with Gasteiger partial charge >= 0.3 is 0 Å². The minimum atomic E-state index is -0.718. The summed E-state index contributed by atoms with van der Waals surface area (Å²) in [6.45, 7) is 3.42. The molecule has 1 aliphatic heterocycles. The summed E-state index contributed by atoms with van der Waals surface area (Å²) in [7, 11) is 1.53. The summed E-state index contributed by atoms with van der Waals surface area (Å²) in [5.74, 6) is -0.337. The lowest BCUT2D eigenvalue weighted by molar-refractivity contribution is -0.139. The molecule has 1 fully saturated rings. The molecule has 4 rings (SSSR count). The van der Waals surface area contributed by atoms with Gasteiger partial charge in [0.05, 0.1) is 31.7 Å². The van der Waals surface area contributed by atoms with Crippen LogP contribution in [0.25, 0.3) is 5.76 Å². The van der Waals surface area contributed by atoms with E-state index in [1.54, 1.807) is 48.9 Å². The Morgan fingerprint density at radius 3 is 2.56 bits per heavy atom. The fourth-order valence-electron chi connectivity index (χ4n) is 4.14. The molecule has 34 heavy (non-hydrogen) atoms. The van der Waals surface area contributed by atoms with Crippen molar-refractivity contribution in [2.45, 2.75) is 25.9 Å². The van der Waals surface area contributed by atoms with Crippen LogP contribution in [0.2, 0.25) is 0 Å². The van der Waals surface area contributed by atoms with Crippen LogP contribution in [-0.2, 0) is 16.1 Å². The lowest BCUT2D eigenvalue weighted by Crippen LogP contribution is -2.31. The molecule has 0 radical (unpaired) electrons. The third-order valence-electron chi connectivity index (χ3n) is 5.76. The first kappa shape index (κ1) is 23.1. The summed E-state index contributed by atoms with van der Waals surface area (Å²) in [6.07, 6.45) is 5.87. The Labute approximate surface area is 198 Å². The quantitative estimate of drug-likeness (QED) is 0.296. The molecule has 1 N–H and O–H groups in total. The van der Waals surface area contributed by atoms with Gasteiger partial charge in [0.25, 0.3) is 11.7 Å². The normalized spacial score (nSPS) is 17.2. The number of amides is 1. The topological polar surface area (TPSA) is 93.9 Å². The van der Waals surface area contributed by atoms with Gasteiger partial charge in [-0.25, -0.2) is 4.98 Å². The van der Waals surface area contributed by atoms with Gasteiger partial charge in [-0.15, -0.1) is 0 Å². The molecule has 1 aliphatic rings. The summed E-state index contributed by atoms with van der Waals surface area (Å²) in [5, 5.41) is 11.2. The highest BCUT2D eigenvalue weighted by Gasteiger charge is 2.45. The Morgan fingerprint density at radius 1 is 1.09 bits per heavy atom. The maximum atomic E-state index is 13.1. The van der Waals surface area contributed by atoms with Gasteiger partial charge in [-0.05, 0) is 43.2 Å². The number of imidazole rings is 1. The fraction of sp³-hybridized carbons (Fsp3) is 0.269. The van der Waals surface area contributed by atoms with E-state index in [2.05, 4.69) is 4.98 Å². The molecule has 2 heterocycles. The Morgan fingerprint density at radius 2 is 1.88 bits per heavy atom. The number of rotatable bonds is 9. The number of ether oxygens (including phenoxy) is 2. The second-order valence-electron chi connectivity index (χ2n) is 7.88. The number of hydrogen-bond donors (Lipinski definition) is 1. The summed E-state index contributed by atoms with van der Waals surface area (Å²) < 4.78 is 12.7. The van der Waals surface area contributed by atoms with Crippen molar-refractivity contribution in [2.24, 2.45) is 0 Å². The molecule has 1 unspecified atom stereocenters. The molecule has 1 saturated heterocycles. The highest BCUT2D eigenvalue weighted by Crippen LogP contribution is 2.40. The van der Waals surface area contributed by atoms with Crippen LogP contribution in [0.5, 0.6) is 11.5 Å². The number of aliphatic hydroxyl groups excluding tert-OH is 1. The average molecular weight is 462 g/mol. The third kappa shape index (κ3) is 4.66. The molecular weight excluding hydrogens is 434 g/mol. The number of methoxy groups -OCH3 is 1. The number of hydrogen-bond acceptors (Lipinski definition) is 6. The highest BCUT2D eigenvalue weighted by atomic mass is 16.5. The second-order valence-corrected chi connectivity index (χ2v) is 7.88. The maximum absolute atomic E-state index is 13.1. The summed E-state index contributed by atoms with van der Waals surface area (Å²) in [5.41, 5.74) is 1.19. The predicted octanol–water partition coefficient (Wildman–Crippen LogP) is 3.80. The monoisotopic (exact) mass is 461 g/mol.